The molecule has 0 aliphatic heterocycles. The molecule has 0 saturated heterocycles. The molecule has 0 fully saturated rings. The zero-order valence-electron chi connectivity index (χ0n) is 9.86. The van der Waals surface area contributed by atoms with Gasteiger partial charge in [-0.05, 0) is 25.4 Å². The molecule has 6 heteroatoms. The van der Waals surface area contributed by atoms with Crippen LogP contribution in [0.3, 0.4) is 0 Å². The van der Waals surface area contributed by atoms with Gasteiger partial charge in [0.05, 0.1) is 6.20 Å². The van der Waals surface area contributed by atoms with Crippen LogP contribution in [0.4, 0.5) is 5.82 Å². The van der Waals surface area contributed by atoms with Crippen molar-refractivity contribution < 1.29 is 4.79 Å². The maximum atomic E-state index is 12.0. The summed E-state index contributed by atoms with van der Waals surface area (Å²) in [5, 5.41) is 6.31. The minimum atomic E-state index is -0.0835. The van der Waals surface area contributed by atoms with Crippen LogP contribution in [0, 0.1) is 0 Å². The van der Waals surface area contributed by atoms with E-state index in [-0.39, 0.29) is 11.9 Å². The Morgan fingerprint density at radius 1 is 1.75 bits per heavy atom. The predicted molar refractivity (Wildman–Crippen MR) is 67.6 cm³/mol. The Morgan fingerprint density at radius 2 is 2.44 bits per heavy atom. The Balaban J connectivity index is 2.64. The molecule has 3 N–H and O–H groups in total. The van der Waals surface area contributed by atoms with Crippen molar-refractivity contribution in [1.29, 1.82) is 0 Å². The second-order valence-electron chi connectivity index (χ2n) is 3.74. The molecule has 1 aromatic heterocycles. The van der Waals surface area contributed by atoms with Crippen molar-refractivity contribution in [2.24, 2.45) is 0 Å². The van der Waals surface area contributed by atoms with Gasteiger partial charge in [-0.1, -0.05) is 0 Å². The van der Waals surface area contributed by atoms with Gasteiger partial charge in [0.25, 0.3) is 5.91 Å². The van der Waals surface area contributed by atoms with Gasteiger partial charge in [-0.3, -0.25) is 9.89 Å². The smallest absolute Gasteiger partial charge is 0.259 e. The highest BCUT2D eigenvalue weighted by Crippen LogP contribution is 2.13. The van der Waals surface area contributed by atoms with Crippen LogP contribution in [-0.2, 0) is 0 Å². The number of nitrogens with one attached hydrogen (secondary N) is 1. The zero-order valence-corrected chi connectivity index (χ0v) is 10.7. The Bertz CT molecular complexity index is 352. The van der Waals surface area contributed by atoms with Gasteiger partial charge in [-0.2, -0.15) is 16.9 Å². The Hall–Kier alpha value is -1.17. The number of carbonyl (C=O) groups is 1. The van der Waals surface area contributed by atoms with Crippen LogP contribution < -0.4 is 5.73 Å². The normalized spacial score (nSPS) is 12.4. The lowest BCUT2D eigenvalue weighted by Gasteiger charge is -2.24. The van der Waals surface area contributed by atoms with Crippen LogP contribution in [0.2, 0.25) is 0 Å². The number of hydrogen-bond acceptors (Lipinski definition) is 4. The molecule has 16 heavy (non-hydrogen) atoms. The lowest BCUT2D eigenvalue weighted by Crippen LogP contribution is -2.35. The van der Waals surface area contributed by atoms with Crippen molar-refractivity contribution in [2.45, 2.75) is 19.4 Å². The number of aromatic nitrogens is 2. The molecule has 1 rings (SSSR count). The number of H-pyrrole nitrogens is 1. The molecule has 0 aromatic carbocycles. The summed E-state index contributed by atoms with van der Waals surface area (Å²) in [6, 6.07) is 0.203. The largest absolute Gasteiger partial charge is 0.383 e. The third-order valence-electron chi connectivity index (χ3n) is 2.62. The average molecular weight is 242 g/mol. The van der Waals surface area contributed by atoms with Crippen LogP contribution in [0.1, 0.15) is 23.7 Å². The third kappa shape index (κ3) is 2.91. The second kappa shape index (κ2) is 5.79. The molecule has 1 atom stereocenters. The highest BCUT2D eigenvalue weighted by molar-refractivity contribution is 7.98. The zero-order chi connectivity index (χ0) is 12.1. The number of nitrogen functional groups attached to an aromatic ring is 1. The molecule has 5 nitrogen and oxygen atoms in total. The van der Waals surface area contributed by atoms with E-state index in [4.69, 9.17) is 5.73 Å². The summed E-state index contributed by atoms with van der Waals surface area (Å²) in [6.45, 7) is 2.03. The minimum absolute atomic E-state index is 0.0835. The highest BCUT2D eigenvalue weighted by atomic mass is 32.2. The fourth-order valence-electron chi connectivity index (χ4n) is 1.34. The van der Waals surface area contributed by atoms with Crippen molar-refractivity contribution in [3.05, 3.63) is 11.8 Å². The first kappa shape index (κ1) is 12.9. The number of rotatable bonds is 5. The molecule has 0 radical (unpaired) electrons. The Kier molecular flexibility index (Phi) is 4.67. The van der Waals surface area contributed by atoms with E-state index < -0.39 is 0 Å². The molecule has 1 amide bonds. The first-order chi connectivity index (χ1) is 7.57. The van der Waals surface area contributed by atoms with Gasteiger partial charge in [0.2, 0.25) is 0 Å². The molecule has 0 bridgehead atoms. The molecule has 90 valence electrons. The van der Waals surface area contributed by atoms with Gasteiger partial charge in [-0.15, -0.1) is 0 Å². The lowest BCUT2D eigenvalue weighted by atomic mass is 10.2. The third-order valence-corrected chi connectivity index (χ3v) is 3.26. The number of carbonyl (C=O) groups excluding carboxylic acids is 1. The number of anilines is 1. The number of thioether (sulfide) groups is 1. The maximum Gasteiger partial charge on any atom is 0.259 e. The predicted octanol–water partition coefficient (Wildman–Crippen LogP) is 1.21. The minimum Gasteiger partial charge on any atom is -0.383 e. The Labute approximate surface area is 99.8 Å². The second-order valence-corrected chi connectivity index (χ2v) is 4.73. The van der Waals surface area contributed by atoms with Crippen molar-refractivity contribution >= 4 is 23.5 Å². The first-order valence-corrected chi connectivity index (χ1v) is 6.52. The van der Waals surface area contributed by atoms with Crippen LogP contribution in [-0.4, -0.2) is 46.1 Å². The van der Waals surface area contributed by atoms with Gasteiger partial charge >= 0.3 is 0 Å². The van der Waals surface area contributed by atoms with Crippen LogP contribution in [0.15, 0.2) is 6.20 Å². The van der Waals surface area contributed by atoms with Crippen molar-refractivity contribution in [2.75, 3.05) is 24.8 Å². The maximum absolute atomic E-state index is 12.0. The van der Waals surface area contributed by atoms with Crippen molar-refractivity contribution in [1.82, 2.24) is 15.1 Å². The quantitative estimate of drug-likeness (QED) is 0.813. The van der Waals surface area contributed by atoms with E-state index >= 15 is 0 Å². The van der Waals surface area contributed by atoms with E-state index in [9.17, 15) is 4.79 Å². The number of nitrogens with two attached hydrogens (primary N) is 1. The molecular weight excluding hydrogens is 224 g/mol. The van der Waals surface area contributed by atoms with Gasteiger partial charge < -0.3 is 10.6 Å². The van der Waals surface area contributed by atoms with Crippen LogP contribution in [0.25, 0.3) is 0 Å². The molecule has 0 aliphatic carbocycles. The summed E-state index contributed by atoms with van der Waals surface area (Å²) in [4.78, 5) is 13.7. The molecule has 0 aliphatic rings. The average Bonchev–Trinajstić information content (AvgIpc) is 2.70. The highest BCUT2D eigenvalue weighted by Gasteiger charge is 2.20. The van der Waals surface area contributed by atoms with Crippen molar-refractivity contribution in [3.8, 4) is 0 Å². The lowest BCUT2D eigenvalue weighted by molar-refractivity contribution is 0.0742. The van der Waals surface area contributed by atoms with E-state index in [1.165, 1.54) is 6.20 Å². The van der Waals surface area contributed by atoms with Gasteiger partial charge in [0, 0.05) is 13.1 Å². The number of amides is 1. The molecule has 1 unspecified atom stereocenters. The summed E-state index contributed by atoms with van der Waals surface area (Å²) in [7, 11) is 1.79. The van der Waals surface area contributed by atoms with Crippen LogP contribution >= 0.6 is 11.8 Å². The van der Waals surface area contributed by atoms with E-state index in [0.29, 0.717) is 11.4 Å². The summed E-state index contributed by atoms with van der Waals surface area (Å²) in [5.41, 5.74) is 6.05. The van der Waals surface area contributed by atoms with E-state index in [1.807, 2.05) is 6.92 Å². The molecule has 0 saturated carbocycles. The van der Waals surface area contributed by atoms with Crippen molar-refractivity contribution in [3.63, 3.8) is 0 Å². The number of nitrogens with zero attached hydrogens (tertiary/aromatic N) is 2. The summed E-state index contributed by atoms with van der Waals surface area (Å²) < 4.78 is 0. The van der Waals surface area contributed by atoms with Gasteiger partial charge in [0.15, 0.2) is 0 Å². The van der Waals surface area contributed by atoms with E-state index in [0.717, 1.165) is 12.2 Å². The van der Waals surface area contributed by atoms with Gasteiger partial charge in [-0.25, -0.2) is 0 Å². The Morgan fingerprint density at radius 3 is 2.94 bits per heavy atom. The molecule has 1 heterocycles. The standard InChI is InChI=1S/C10H18N4OS/c1-7(4-5-16-3)14(2)10(15)8-6-12-13-9(8)11/h6-7H,4-5H2,1-3H3,(H3,11,12,13). The SMILES string of the molecule is CSCCC(C)N(C)C(=O)c1cn[nH]c1N. The summed E-state index contributed by atoms with van der Waals surface area (Å²) >= 11 is 1.78. The fourth-order valence-corrected chi connectivity index (χ4v) is 1.92. The monoisotopic (exact) mass is 242 g/mol. The molecule has 1 aromatic rings. The summed E-state index contributed by atoms with van der Waals surface area (Å²) in [6.07, 6.45) is 4.50. The van der Waals surface area contributed by atoms with E-state index in [1.54, 1.807) is 23.7 Å². The number of hydrogen-bond donors (Lipinski definition) is 2. The fraction of sp³-hybridized carbons (Fsp3) is 0.600. The molecular formula is C10H18N4OS. The summed E-state index contributed by atoms with van der Waals surface area (Å²) in [5.74, 6) is 1.29. The molecule has 0 spiro atoms. The topological polar surface area (TPSA) is 75.0 Å². The van der Waals surface area contributed by atoms with E-state index in [2.05, 4.69) is 16.5 Å². The first-order valence-electron chi connectivity index (χ1n) is 5.12. The number of aromatic amines is 1. The van der Waals surface area contributed by atoms with Crippen LogP contribution in [0.5, 0.6) is 0 Å². The van der Waals surface area contributed by atoms with Gasteiger partial charge in [0.1, 0.15) is 11.4 Å².